The van der Waals surface area contributed by atoms with E-state index >= 15 is 0 Å². The van der Waals surface area contributed by atoms with Gasteiger partial charge in [-0.1, -0.05) is 0 Å². The minimum Gasteiger partial charge on any atom is -0.481 e. The van der Waals surface area contributed by atoms with Crippen LogP contribution in [0.4, 0.5) is 0 Å². The highest BCUT2D eigenvalue weighted by Crippen LogP contribution is 2.59. The van der Waals surface area contributed by atoms with E-state index in [2.05, 4.69) is 15.9 Å². The summed E-state index contributed by atoms with van der Waals surface area (Å²) in [5.74, 6) is -1.28. The lowest BCUT2D eigenvalue weighted by Crippen LogP contribution is -2.45. The van der Waals surface area contributed by atoms with E-state index in [-0.39, 0.29) is 35.5 Å². The second-order valence-corrected chi connectivity index (χ2v) is 7.38. The van der Waals surface area contributed by atoms with Gasteiger partial charge in [-0.15, -0.1) is 0 Å². The van der Waals surface area contributed by atoms with E-state index in [4.69, 9.17) is 9.52 Å². The number of carboxylic acids is 1. The van der Waals surface area contributed by atoms with Gasteiger partial charge in [-0.05, 0) is 52.7 Å². The summed E-state index contributed by atoms with van der Waals surface area (Å²) >= 11 is 3.14. The molecule has 1 aliphatic heterocycles. The number of carbonyl (C=O) groups excluding carboxylic acids is 2. The van der Waals surface area contributed by atoms with Gasteiger partial charge in [-0.3, -0.25) is 14.4 Å². The van der Waals surface area contributed by atoms with E-state index in [9.17, 15) is 14.4 Å². The Balaban J connectivity index is 1.51. The summed E-state index contributed by atoms with van der Waals surface area (Å²) in [4.78, 5) is 38.7. The number of halogens is 1. The van der Waals surface area contributed by atoms with Crippen LogP contribution in [-0.2, 0) is 9.59 Å². The Labute approximate surface area is 147 Å². The first kappa shape index (κ1) is 17.0. The monoisotopic (exact) mass is 398 g/mol. The Kier molecular flexibility index (Phi) is 4.42. The molecule has 3 rings (SSSR count). The molecule has 1 N–H and O–H groups in total. The molecule has 1 spiro atoms. The van der Waals surface area contributed by atoms with Crippen molar-refractivity contribution in [2.45, 2.75) is 19.3 Å². The maximum atomic E-state index is 12.4. The summed E-state index contributed by atoms with van der Waals surface area (Å²) in [6.45, 7) is 1.08. The fourth-order valence-corrected chi connectivity index (χ4v) is 3.75. The molecule has 7 nitrogen and oxygen atoms in total. The number of likely N-dealkylation sites (tertiary alicyclic amines) is 1. The number of nitrogens with zero attached hydrogens (tertiary/aromatic N) is 2. The molecule has 1 saturated carbocycles. The molecular weight excluding hydrogens is 380 g/mol. The fourth-order valence-electron chi connectivity index (χ4n) is 3.44. The minimum absolute atomic E-state index is 0.0213. The topological polar surface area (TPSA) is 91.1 Å². The second-order valence-electron chi connectivity index (χ2n) is 6.60. The van der Waals surface area contributed by atoms with E-state index in [1.165, 1.54) is 4.90 Å². The van der Waals surface area contributed by atoms with Gasteiger partial charge in [0, 0.05) is 20.1 Å². The zero-order valence-electron chi connectivity index (χ0n) is 13.3. The average Bonchev–Trinajstić information content (AvgIpc) is 3.07. The highest BCUT2D eigenvalue weighted by atomic mass is 79.9. The molecule has 1 aromatic heterocycles. The van der Waals surface area contributed by atoms with Crippen LogP contribution in [0.5, 0.6) is 0 Å². The van der Waals surface area contributed by atoms with Gasteiger partial charge in [0.05, 0.1) is 12.5 Å². The molecule has 2 heterocycles. The van der Waals surface area contributed by atoms with E-state index in [1.54, 1.807) is 24.1 Å². The molecule has 8 heteroatoms. The predicted octanol–water partition coefficient (Wildman–Crippen LogP) is 1.83. The van der Waals surface area contributed by atoms with Crippen molar-refractivity contribution in [2.75, 3.05) is 26.7 Å². The van der Waals surface area contributed by atoms with E-state index in [0.29, 0.717) is 17.8 Å². The standard InChI is InChI=1S/C16H19BrN2O5/c1-18(14(21)11-2-3-12(17)24-11)9-13(20)19-6-4-16(5-7-19)8-10(16)15(22)23/h2-3,10H,4-9H2,1H3,(H,22,23). The van der Waals surface area contributed by atoms with E-state index < -0.39 is 5.97 Å². The number of aliphatic carboxylic acids is 1. The number of carboxylic acid groups (broad SMARTS) is 1. The van der Waals surface area contributed by atoms with Crippen LogP contribution < -0.4 is 0 Å². The number of hydrogen-bond acceptors (Lipinski definition) is 4. The molecule has 2 aliphatic rings. The zero-order chi connectivity index (χ0) is 17.5. The normalized spacial score (nSPS) is 21.6. The molecule has 2 fully saturated rings. The van der Waals surface area contributed by atoms with Crippen molar-refractivity contribution in [2.24, 2.45) is 11.3 Å². The van der Waals surface area contributed by atoms with Gasteiger partial charge in [0.15, 0.2) is 10.4 Å². The first-order chi connectivity index (χ1) is 11.3. The van der Waals surface area contributed by atoms with Gasteiger partial charge in [0.2, 0.25) is 5.91 Å². The van der Waals surface area contributed by atoms with Crippen LogP contribution in [0.25, 0.3) is 0 Å². The summed E-state index contributed by atoms with van der Waals surface area (Å²) < 4.78 is 5.67. The summed E-state index contributed by atoms with van der Waals surface area (Å²) in [6.07, 6.45) is 2.16. The third-order valence-corrected chi connectivity index (χ3v) is 5.53. The Morgan fingerprint density at radius 1 is 1.38 bits per heavy atom. The third-order valence-electron chi connectivity index (χ3n) is 5.10. The molecule has 1 aliphatic carbocycles. The van der Waals surface area contributed by atoms with Crippen molar-refractivity contribution in [1.82, 2.24) is 9.80 Å². The van der Waals surface area contributed by atoms with Crippen LogP contribution in [-0.4, -0.2) is 59.4 Å². The van der Waals surface area contributed by atoms with Crippen molar-refractivity contribution < 1.29 is 23.9 Å². The summed E-state index contributed by atoms with van der Waals surface area (Å²) in [6, 6.07) is 3.18. The van der Waals surface area contributed by atoms with Crippen molar-refractivity contribution in [1.29, 1.82) is 0 Å². The van der Waals surface area contributed by atoms with E-state index in [0.717, 1.165) is 19.3 Å². The lowest BCUT2D eigenvalue weighted by atomic mass is 9.91. The van der Waals surface area contributed by atoms with Crippen LogP contribution in [0.3, 0.4) is 0 Å². The molecule has 0 aromatic carbocycles. The Bertz CT molecular complexity index is 678. The third kappa shape index (κ3) is 3.19. The van der Waals surface area contributed by atoms with Crippen LogP contribution in [0.1, 0.15) is 29.8 Å². The molecule has 1 saturated heterocycles. The summed E-state index contributed by atoms with van der Waals surface area (Å²) in [5, 5.41) is 9.10. The number of hydrogen-bond donors (Lipinski definition) is 1. The molecule has 24 heavy (non-hydrogen) atoms. The molecule has 130 valence electrons. The molecular formula is C16H19BrN2O5. The van der Waals surface area contributed by atoms with Crippen molar-refractivity contribution >= 4 is 33.7 Å². The Morgan fingerprint density at radius 2 is 2.04 bits per heavy atom. The first-order valence-corrected chi connectivity index (χ1v) is 8.63. The average molecular weight is 399 g/mol. The minimum atomic E-state index is -0.732. The van der Waals surface area contributed by atoms with Gasteiger partial charge in [-0.2, -0.15) is 0 Å². The van der Waals surface area contributed by atoms with Crippen LogP contribution in [0, 0.1) is 11.3 Å². The van der Waals surface area contributed by atoms with Crippen molar-refractivity contribution in [3.8, 4) is 0 Å². The summed E-state index contributed by atoms with van der Waals surface area (Å²) in [5.41, 5.74) is -0.106. The van der Waals surface area contributed by atoms with Crippen molar-refractivity contribution in [3.63, 3.8) is 0 Å². The number of amides is 2. The van der Waals surface area contributed by atoms with Gasteiger partial charge in [-0.25, -0.2) is 0 Å². The van der Waals surface area contributed by atoms with Crippen molar-refractivity contribution in [3.05, 3.63) is 22.6 Å². The fraction of sp³-hybridized carbons (Fsp3) is 0.562. The van der Waals surface area contributed by atoms with Crippen LogP contribution in [0.2, 0.25) is 0 Å². The molecule has 0 bridgehead atoms. The number of furan rings is 1. The van der Waals surface area contributed by atoms with Gasteiger partial charge < -0.3 is 19.3 Å². The molecule has 1 unspecified atom stereocenters. The maximum Gasteiger partial charge on any atom is 0.307 e. The number of piperidine rings is 1. The van der Waals surface area contributed by atoms with Crippen LogP contribution >= 0.6 is 15.9 Å². The molecule has 1 atom stereocenters. The Hall–Kier alpha value is -1.83. The van der Waals surface area contributed by atoms with Gasteiger partial charge in [0.1, 0.15) is 0 Å². The first-order valence-electron chi connectivity index (χ1n) is 7.84. The number of likely N-dealkylation sites (N-methyl/N-ethyl adjacent to an activating group) is 1. The highest BCUT2D eigenvalue weighted by Gasteiger charge is 2.59. The van der Waals surface area contributed by atoms with E-state index in [1.807, 2.05) is 0 Å². The maximum absolute atomic E-state index is 12.4. The smallest absolute Gasteiger partial charge is 0.307 e. The largest absolute Gasteiger partial charge is 0.481 e. The van der Waals surface area contributed by atoms with Crippen LogP contribution in [0.15, 0.2) is 21.2 Å². The lowest BCUT2D eigenvalue weighted by molar-refractivity contribution is -0.140. The molecule has 0 radical (unpaired) electrons. The quantitative estimate of drug-likeness (QED) is 0.834. The van der Waals surface area contributed by atoms with Gasteiger partial charge in [0.25, 0.3) is 5.91 Å². The zero-order valence-corrected chi connectivity index (χ0v) is 14.9. The predicted molar refractivity (Wildman–Crippen MR) is 87.4 cm³/mol. The molecule has 1 aromatic rings. The second kappa shape index (κ2) is 6.23. The SMILES string of the molecule is CN(CC(=O)N1CCC2(CC1)CC2C(=O)O)C(=O)c1ccc(Br)o1. The molecule has 2 amide bonds. The number of carbonyl (C=O) groups is 3. The Morgan fingerprint density at radius 3 is 2.54 bits per heavy atom. The summed E-state index contributed by atoms with van der Waals surface area (Å²) in [7, 11) is 1.56. The lowest BCUT2D eigenvalue weighted by Gasteiger charge is -2.33. The highest BCUT2D eigenvalue weighted by molar-refractivity contribution is 9.10. The van der Waals surface area contributed by atoms with Gasteiger partial charge >= 0.3 is 5.97 Å². The number of rotatable bonds is 4.